The number of hydrogen-bond acceptors (Lipinski definition) is 2. The maximum Gasteiger partial charge on any atom is 0.0462 e. The van der Waals surface area contributed by atoms with Crippen molar-refractivity contribution in [3.05, 3.63) is 28.8 Å². The third-order valence-corrected chi connectivity index (χ3v) is 4.08. The Labute approximate surface area is 108 Å². The summed E-state index contributed by atoms with van der Waals surface area (Å²) in [7, 11) is 0. The lowest BCUT2D eigenvalue weighted by Crippen LogP contribution is -2.13. The van der Waals surface area contributed by atoms with Gasteiger partial charge in [0, 0.05) is 22.2 Å². The first-order valence-electron chi connectivity index (χ1n) is 5.76. The molecule has 0 spiro atoms. The van der Waals surface area contributed by atoms with Crippen LogP contribution in [0.2, 0.25) is 5.02 Å². The Hall–Kier alpha value is -0.180. The van der Waals surface area contributed by atoms with Gasteiger partial charge in [0.25, 0.3) is 0 Å². The Morgan fingerprint density at radius 2 is 2.12 bits per heavy atom. The van der Waals surface area contributed by atoms with Gasteiger partial charge in [-0.05, 0) is 30.2 Å². The summed E-state index contributed by atoms with van der Waals surface area (Å²) in [6.45, 7) is 8.41. The molecule has 0 aromatic heterocycles. The minimum absolute atomic E-state index is 0.705. The lowest BCUT2D eigenvalue weighted by Gasteiger charge is -2.12. The highest BCUT2D eigenvalue weighted by molar-refractivity contribution is 7.99. The topological polar surface area (TPSA) is 12.0 Å². The fourth-order valence-electron chi connectivity index (χ4n) is 1.35. The minimum Gasteiger partial charge on any atom is -0.313 e. The van der Waals surface area contributed by atoms with E-state index >= 15 is 0 Å². The van der Waals surface area contributed by atoms with Gasteiger partial charge in [0.2, 0.25) is 0 Å². The Balaban J connectivity index is 2.76. The second-order valence-electron chi connectivity index (χ2n) is 4.20. The Morgan fingerprint density at radius 3 is 2.75 bits per heavy atom. The molecule has 0 aliphatic heterocycles. The third kappa shape index (κ3) is 4.36. The van der Waals surface area contributed by atoms with Crippen LogP contribution in [-0.4, -0.2) is 12.3 Å². The molecule has 0 heterocycles. The van der Waals surface area contributed by atoms with Gasteiger partial charge in [0.15, 0.2) is 0 Å². The molecule has 90 valence electrons. The first-order chi connectivity index (χ1) is 7.65. The summed E-state index contributed by atoms with van der Waals surface area (Å²) in [4.78, 5) is 1.31. The third-order valence-electron chi connectivity index (χ3n) is 2.20. The molecule has 1 rings (SSSR count). The number of rotatable bonds is 6. The molecule has 0 saturated heterocycles. The molecule has 0 radical (unpaired) electrons. The van der Waals surface area contributed by atoms with Gasteiger partial charge in [-0.3, -0.25) is 0 Å². The van der Waals surface area contributed by atoms with Crippen LogP contribution in [0.4, 0.5) is 0 Å². The molecule has 3 heteroatoms. The van der Waals surface area contributed by atoms with E-state index in [-0.39, 0.29) is 0 Å². The summed E-state index contributed by atoms with van der Waals surface area (Å²) >= 11 is 8.12. The molecule has 0 saturated carbocycles. The number of benzene rings is 1. The highest BCUT2D eigenvalue weighted by atomic mass is 35.5. The summed E-state index contributed by atoms with van der Waals surface area (Å²) < 4.78 is 0. The lowest BCUT2D eigenvalue weighted by atomic mass is 10.2. The van der Waals surface area contributed by atoms with Crippen LogP contribution in [-0.2, 0) is 6.54 Å². The normalized spacial score (nSPS) is 11.1. The van der Waals surface area contributed by atoms with E-state index in [9.17, 15) is 0 Å². The average Bonchev–Trinajstić information content (AvgIpc) is 2.25. The van der Waals surface area contributed by atoms with Crippen LogP contribution in [0, 0.1) is 5.92 Å². The standard InChI is InChI=1S/C13H20ClNS/c1-4-15-8-11-12(14)6-5-7-13(11)16-9-10(2)3/h5-7,10,15H,4,8-9H2,1-3H3. The quantitative estimate of drug-likeness (QED) is 0.767. The second kappa shape index (κ2) is 7.21. The highest BCUT2D eigenvalue weighted by Crippen LogP contribution is 2.29. The van der Waals surface area contributed by atoms with Crippen molar-refractivity contribution < 1.29 is 0 Å². The highest BCUT2D eigenvalue weighted by Gasteiger charge is 2.07. The predicted octanol–water partition coefficient (Wildman–Crippen LogP) is 4.20. The van der Waals surface area contributed by atoms with Crippen molar-refractivity contribution in [1.82, 2.24) is 5.32 Å². The largest absolute Gasteiger partial charge is 0.313 e. The zero-order valence-electron chi connectivity index (χ0n) is 10.2. The van der Waals surface area contributed by atoms with Crippen LogP contribution in [0.5, 0.6) is 0 Å². The smallest absolute Gasteiger partial charge is 0.0462 e. The lowest BCUT2D eigenvalue weighted by molar-refractivity contribution is 0.716. The van der Waals surface area contributed by atoms with E-state index in [1.807, 2.05) is 23.9 Å². The van der Waals surface area contributed by atoms with Gasteiger partial charge < -0.3 is 5.32 Å². The molecule has 1 N–H and O–H groups in total. The van der Waals surface area contributed by atoms with Gasteiger partial charge in [0.05, 0.1) is 0 Å². The molecule has 1 aromatic rings. The van der Waals surface area contributed by atoms with Gasteiger partial charge in [-0.15, -0.1) is 11.8 Å². The maximum absolute atomic E-state index is 6.23. The van der Waals surface area contributed by atoms with Crippen LogP contribution in [0.25, 0.3) is 0 Å². The molecule has 1 nitrogen and oxygen atoms in total. The van der Waals surface area contributed by atoms with Gasteiger partial charge in [0.1, 0.15) is 0 Å². The monoisotopic (exact) mass is 257 g/mol. The SMILES string of the molecule is CCNCc1c(Cl)cccc1SCC(C)C. The number of halogens is 1. The number of nitrogens with one attached hydrogen (secondary N) is 1. The molecule has 0 aliphatic carbocycles. The average molecular weight is 258 g/mol. The Morgan fingerprint density at radius 1 is 1.38 bits per heavy atom. The number of thioether (sulfide) groups is 1. The van der Waals surface area contributed by atoms with E-state index in [1.54, 1.807) is 0 Å². The summed E-state index contributed by atoms with van der Waals surface area (Å²) in [5.41, 5.74) is 1.23. The molecule has 1 aromatic carbocycles. The van der Waals surface area contributed by atoms with E-state index in [2.05, 4.69) is 32.2 Å². The second-order valence-corrected chi connectivity index (χ2v) is 5.67. The molecule has 0 atom stereocenters. The molecule has 0 aliphatic rings. The molecule has 0 fully saturated rings. The van der Waals surface area contributed by atoms with E-state index in [1.165, 1.54) is 10.5 Å². The summed E-state index contributed by atoms with van der Waals surface area (Å²) in [5, 5.41) is 4.21. The molecule has 0 unspecified atom stereocenters. The minimum atomic E-state index is 0.705. The van der Waals surface area contributed by atoms with E-state index < -0.39 is 0 Å². The van der Waals surface area contributed by atoms with Crippen molar-refractivity contribution in [3.8, 4) is 0 Å². The van der Waals surface area contributed by atoms with E-state index in [4.69, 9.17) is 11.6 Å². The first-order valence-corrected chi connectivity index (χ1v) is 7.12. The molecule has 0 amide bonds. The summed E-state index contributed by atoms with van der Waals surface area (Å²) in [6, 6.07) is 6.15. The van der Waals surface area contributed by atoms with Crippen molar-refractivity contribution in [2.75, 3.05) is 12.3 Å². The molecular formula is C13H20ClNS. The maximum atomic E-state index is 6.23. The van der Waals surface area contributed by atoms with Crippen molar-refractivity contribution in [1.29, 1.82) is 0 Å². The van der Waals surface area contributed by atoms with Gasteiger partial charge in [-0.25, -0.2) is 0 Å². The van der Waals surface area contributed by atoms with Crippen molar-refractivity contribution in [2.45, 2.75) is 32.2 Å². The van der Waals surface area contributed by atoms with Crippen LogP contribution < -0.4 is 5.32 Å². The zero-order valence-corrected chi connectivity index (χ0v) is 11.8. The fourth-order valence-corrected chi connectivity index (χ4v) is 2.69. The zero-order chi connectivity index (χ0) is 12.0. The van der Waals surface area contributed by atoms with Crippen LogP contribution in [0.15, 0.2) is 23.1 Å². The molecule has 0 bridgehead atoms. The summed E-state index contributed by atoms with van der Waals surface area (Å²) in [6.07, 6.45) is 0. The van der Waals surface area contributed by atoms with E-state index in [0.717, 1.165) is 23.9 Å². The Bertz CT molecular complexity index is 326. The van der Waals surface area contributed by atoms with Crippen LogP contribution >= 0.6 is 23.4 Å². The van der Waals surface area contributed by atoms with Gasteiger partial charge >= 0.3 is 0 Å². The van der Waals surface area contributed by atoms with Crippen molar-refractivity contribution >= 4 is 23.4 Å². The van der Waals surface area contributed by atoms with Gasteiger partial charge in [-0.2, -0.15) is 0 Å². The Kier molecular flexibility index (Phi) is 6.25. The first kappa shape index (κ1) is 13.9. The van der Waals surface area contributed by atoms with E-state index in [0.29, 0.717) is 5.92 Å². The molecular weight excluding hydrogens is 238 g/mol. The number of hydrogen-bond donors (Lipinski definition) is 1. The van der Waals surface area contributed by atoms with Crippen molar-refractivity contribution in [3.63, 3.8) is 0 Å². The van der Waals surface area contributed by atoms with Crippen LogP contribution in [0.3, 0.4) is 0 Å². The van der Waals surface area contributed by atoms with Crippen LogP contribution in [0.1, 0.15) is 26.3 Å². The predicted molar refractivity (Wildman–Crippen MR) is 74.4 cm³/mol. The fraction of sp³-hybridized carbons (Fsp3) is 0.538. The summed E-state index contributed by atoms with van der Waals surface area (Å²) in [5.74, 6) is 1.84. The van der Waals surface area contributed by atoms with Crippen molar-refractivity contribution in [2.24, 2.45) is 5.92 Å². The van der Waals surface area contributed by atoms with Gasteiger partial charge in [-0.1, -0.05) is 38.4 Å². The molecule has 16 heavy (non-hydrogen) atoms.